The van der Waals surface area contributed by atoms with Gasteiger partial charge in [0.15, 0.2) is 6.29 Å². The van der Waals surface area contributed by atoms with Crippen LogP contribution in [0.3, 0.4) is 0 Å². The molecule has 0 aliphatic rings. The van der Waals surface area contributed by atoms with Crippen LogP contribution >= 0.6 is 23.5 Å². The van der Waals surface area contributed by atoms with Crippen molar-refractivity contribution in [1.29, 1.82) is 5.26 Å². The smallest absolute Gasteiger partial charge is 0.166 e. The average Bonchev–Trinajstić information content (AvgIpc) is 2.69. The van der Waals surface area contributed by atoms with Crippen molar-refractivity contribution in [3.8, 4) is 17.9 Å². The highest BCUT2D eigenvalue weighted by atomic mass is 32.2. The van der Waals surface area contributed by atoms with Crippen LogP contribution in [-0.2, 0) is 9.47 Å². The second kappa shape index (κ2) is 16.8. The Bertz CT molecular complexity index is 611. The third-order valence-electron chi connectivity index (χ3n) is 3.41. The fourth-order valence-electron chi connectivity index (χ4n) is 2.12. The van der Waals surface area contributed by atoms with Crippen molar-refractivity contribution < 1.29 is 9.47 Å². The second-order valence-corrected chi connectivity index (χ2v) is 7.79. The van der Waals surface area contributed by atoms with Gasteiger partial charge in [0.25, 0.3) is 0 Å². The highest BCUT2D eigenvalue weighted by Crippen LogP contribution is 2.23. The first-order valence-corrected chi connectivity index (χ1v) is 11.3. The predicted octanol–water partition coefficient (Wildman–Crippen LogP) is 5.88. The Morgan fingerprint density at radius 1 is 1.07 bits per heavy atom. The Morgan fingerprint density at radius 3 is 2.48 bits per heavy atom. The van der Waals surface area contributed by atoms with E-state index in [1.165, 1.54) is 4.90 Å². The molecule has 27 heavy (non-hydrogen) atoms. The summed E-state index contributed by atoms with van der Waals surface area (Å²) in [6.07, 6.45) is 5.03. The minimum Gasteiger partial charge on any atom is -0.352 e. The quantitative estimate of drug-likeness (QED) is 0.178. The molecular weight excluding hydrogens is 374 g/mol. The van der Waals surface area contributed by atoms with E-state index in [0.29, 0.717) is 19.6 Å². The Balaban J connectivity index is 2.57. The Kier molecular flexibility index (Phi) is 14.7. The molecule has 0 N–H and O–H groups in total. The van der Waals surface area contributed by atoms with E-state index in [4.69, 9.17) is 14.7 Å². The molecule has 0 aromatic heterocycles. The first-order valence-electron chi connectivity index (χ1n) is 9.36. The van der Waals surface area contributed by atoms with E-state index in [2.05, 4.69) is 41.5 Å². The maximum atomic E-state index is 8.57. The van der Waals surface area contributed by atoms with E-state index >= 15 is 0 Å². The lowest BCUT2D eigenvalue weighted by atomic mass is 10.2. The lowest BCUT2D eigenvalue weighted by Gasteiger charge is -2.18. The van der Waals surface area contributed by atoms with Gasteiger partial charge in [0.1, 0.15) is 0 Å². The summed E-state index contributed by atoms with van der Waals surface area (Å²) in [4.78, 5) is 1.22. The van der Waals surface area contributed by atoms with Gasteiger partial charge < -0.3 is 9.47 Å². The number of ether oxygens (including phenoxy) is 2. The maximum Gasteiger partial charge on any atom is 0.166 e. The summed E-state index contributed by atoms with van der Waals surface area (Å²) in [5, 5.41) is 11.0. The summed E-state index contributed by atoms with van der Waals surface area (Å²) in [5.74, 6) is 7.22. The first-order chi connectivity index (χ1) is 13.3. The molecule has 0 amide bonds. The molecule has 1 aromatic rings. The van der Waals surface area contributed by atoms with E-state index in [0.717, 1.165) is 25.0 Å². The fraction of sp³-hybridized carbons (Fsp3) is 0.500. The third kappa shape index (κ3) is 12.6. The zero-order valence-corrected chi connectivity index (χ0v) is 17.9. The Hall–Kier alpha value is -1.37. The predicted molar refractivity (Wildman–Crippen MR) is 117 cm³/mol. The number of hydrogen-bond donors (Lipinski definition) is 0. The van der Waals surface area contributed by atoms with Crippen molar-refractivity contribution in [2.45, 2.75) is 56.0 Å². The van der Waals surface area contributed by atoms with E-state index in [-0.39, 0.29) is 11.5 Å². The number of nitrogens with zero attached hydrogens (tertiary/aromatic N) is 1. The van der Waals surface area contributed by atoms with Crippen molar-refractivity contribution in [3.05, 3.63) is 41.8 Å². The largest absolute Gasteiger partial charge is 0.352 e. The van der Waals surface area contributed by atoms with Crippen LogP contribution in [0.2, 0.25) is 0 Å². The van der Waals surface area contributed by atoms with Gasteiger partial charge in [-0.3, -0.25) is 0 Å². The van der Waals surface area contributed by atoms with Gasteiger partial charge in [-0.2, -0.15) is 5.26 Å². The van der Waals surface area contributed by atoms with Crippen LogP contribution in [0.1, 0.15) is 39.5 Å². The molecule has 3 nitrogen and oxygen atoms in total. The summed E-state index contributed by atoms with van der Waals surface area (Å²) in [7, 11) is 0. The summed E-state index contributed by atoms with van der Waals surface area (Å²) in [6.45, 7) is 5.26. The molecule has 1 unspecified atom stereocenters. The number of unbranched alkanes of at least 4 members (excludes halogenated alkanes) is 2. The maximum absolute atomic E-state index is 8.57. The molecule has 0 aliphatic carbocycles. The van der Waals surface area contributed by atoms with Crippen LogP contribution in [0, 0.1) is 23.2 Å². The van der Waals surface area contributed by atoms with Crippen LogP contribution in [0.25, 0.3) is 0 Å². The van der Waals surface area contributed by atoms with Crippen molar-refractivity contribution in [3.63, 3.8) is 0 Å². The Labute approximate surface area is 172 Å². The van der Waals surface area contributed by atoms with Crippen molar-refractivity contribution in [2.75, 3.05) is 19.0 Å². The topological polar surface area (TPSA) is 42.2 Å². The molecule has 0 spiro atoms. The van der Waals surface area contributed by atoms with Gasteiger partial charge in [0.2, 0.25) is 0 Å². The molecule has 0 aliphatic heterocycles. The van der Waals surface area contributed by atoms with E-state index in [9.17, 15) is 0 Å². The van der Waals surface area contributed by atoms with Crippen molar-refractivity contribution >= 4 is 23.5 Å². The molecule has 0 saturated heterocycles. The zero-order chi connectivity index (χ0) is 19.6. The van der Waals surface area contributed by atoms with Crippen molar-refractivity contribution in [1.82, 2.24) is 0 Å². The third-order valence-corrected chi connectivity index (χ3v) is 5.46. The highest BCUT2D eigenvalue weighted by Gasteiger charge is 2.12. The van der Waals surface area contributed by atoms with Crippen LogP contribution in [0.5, 0.6) is 0 Å². The van der Waals surface area contributed by atoms with Crippen molar-refractivity contribution in [2.24, 2.45) is 0 Å². The summed E-state index contributed by atoms with van der Waals surface area (Å²) in [5.41, 5.74) is 0. The number of benzene rings is 1. The SMILES string of the molecule is CCOC(CSC(C=CSc1ccccc1)CC#CCCCC#N)OCC. The van der Waals surface area contributed by atoms with Crippen LogP contribution in [-0.4, -0.2) is 30.5 Å². The van der Waals surface area contributed by atoms with E-state index in [1.807, 2.05) is 43.8 Å². The molecule has 0 radical (unpaired) electrons. The molecule has 0 saturated carbocycles. The van der Waals surface area contributed by atoms with Gasteiger partial charge in [-0.05, 0) is 37.8 Å². The number of hydrogen-bond acceptors (Lipinski definition) is 5. The van der Waals surface area contributed by atoms with E-state index < -0.39 is 0 Å². The molecule has 0 bridgehead atoms. The average molecular weight is 404 g/mol. The van der Waals surface area contributed by atoms with Gasteiger partial charge in [-0.15, -0.1) is 23.6 Å². The molecule has 5 heteroatoms. The number of rotatable bonds is 13. The minimum atomic E-state index is -0.175. The molecule has 0 fully saturated rings. The number of nitriles is 1. The van der Waals surface area contributed by atoms with Gasteiger partial charge in [-0.25, -0.2) is 0 Å². The molecule has 1 atom stereocenters. The minimum absolute atomic E-state index is 0.175. The molecule has 1 rings (SSSR count). The molecule has 1 aromatic carbocycles. The fourth-order valence-corrected chi connectivity index (χ4v) is 3.95. The summed E-state index contributed by atoms with van der Waals surface area (Å²) < 4.78 is 11.3. The second-order valence-electron chi connectivity index (χ2n) is 5.54. The van der Waals surface area contributed by atoms with Crippen LogP contribution < -0.4 is 0 Å². The standard InChI is InChI=1S/C22H29NO2S2/c1-3-24-22(25-4-2)19-27-21(15-9-6-5-7-12-17-23)16-18-26-20-13-10-8-11-14-20/h8,10-11,13-14,16,18,21-22H,3-5,7,12,15,19H2,1-2H3. The number of thioether (sulfide) groups is 2. The summed E-state index contributed by atoms with van der Waals surface area (Å²) >= 11 is 3.52. The normalized spacial score (nSPS) is 11.9. The molecule has 146 valence electrons. The van der Waals surface area contributed by atoms with Gasteiger partial charge in [-0.1, -0.05) is 36.0 Å². The highest BCUT2D eigenvalue weighted by molar-refractivity contribution is 8.02. The summed E-state index contributed by atoms with van der Waals surface area (Å²) in [6, 6.07) is 12.5. The monoisotopic (exact) mass is 403 g/mol. The lowest BCUT2D eigenvalue weighted by Crippen LogP contribution is -2.21. The van der Waals surface area contributed by atoms with Crippen LogP contribution in [0.15, 0.2) is 46.7 Å². The zero-order valence-electron chi connectivity index (χ0n) is 16.2. The molecular formula is C22H29NO2S2. The molecule has 0 heterocycles. The van der Waals surface area contributed by atoms with Gasteiger partial charge in [0.05, 0.1) is 6.07 Å². The first kappa shape index (κ1) is 23.7. The van der Waals surface area contributed by atoms with Gasteiger partial charge in [0, 0.05) is 48.4 Å². The Morgan fingerprint density at radius 2 is 1.81 bits per heavy atom. The lowest BCUT2D eigenvalue weighted by molar-refractivity contribution is -0.120. The van der Waals surface area contributed by atoms with Gasteiger partial charge >= 0.3 is 0 Å². The van der Waals surface area contributed by atoms with E-state index in [1.54, 1.807) is 11.8 Å². The van der Waals surface area contributed by atoms with Crippen LogP contribution in [0.4, 0.5) is 0 Å².